The van der Waals surface area contributed by atoms with Gasteiger partial charge in [0.25, 0.3) is 0 Å². The van der Waals surface area contributed by atoms with Crippen LogP contribution in [-0.2, 0) is 0 Å². The van der Waals surface area contributed by atoms with Gasteiger partial charge in [-0.3, -0.25) is 5.43 Å². The maximum absolute atomic E-state index is 12.4. The van der Waals surface area contributed by atoms with Crippen molar-refractivity contribution >= 4 is 58.4 Å². The van der Waals surface area contributed by atoms with Crippen molar-refractivity contribution in [2.45, 2.75) is 0 Å². The number of rotatable bonds is 6. The smallest absolute Gasteiger partial charge is 0.343 e. The number of anilines is 1. The number of methoxy groups -OCH3 is 1. The van der Waals surface area contributed by atoms with Crippen molar-refractivity contribution in [1.82, 2.24) is 5.43 Å². The minimum atomic E-state index is -0.586. The van der Waals surface area contributed by atoms with Gasteiger partial charge in [-0.2, -0.15) is 5.10 Å². The molecule has 3 rings (SSSR count). The van der Waals surface area contributed by atoms with E-state index in [4.69, 9.17) is 44.9 Å². The van der Waals surface area contributed by atoms with Gasteiger partial charge in [-0.15, -0.1) is 0 Å². The summed E-state index contributed by atoms with van der Waals surface area (Å²) < 4.78 is 10.8. The summed E-state index contributed by atoms with van der Waals surface area (Å²) in [6.45, 7) is 0. The van der Waals surface area contributed by atoms with Gasteiger partial charge in [-0.1, -0.05) is 41.4 Å². The lowest BCUT2D eigenvalue weighted by Gasteiger charge is -2.10. The Morgan fingerprint density at radius 3 is 2.48 bits per heavy atom. The molecular formula is C22H17Cl2N3O3S. The van der Waals surface area contributed by atoms with Gasteiger partial charge in [0.15, 0.2) is 16.6 Å². The van der Waals surface area contributed by atoms with E-state index in [-0.39, 0.29) is 16.3 Å². The SMILES string of the molecule is COc1cc(/C=N\NC(=S)Nc2ccccc2)ccc1OC(=O)c1ccc(Cl)c(Cl)c1. The number of hydrazone groups is 1. The molecule has 6 nitrogen and oxygen atoms in total. The fraction of sp³-hybridized carbons (Fsp3) is 0.0455. The Morgan fingerprint density at radius 2 is 1.77 bits per heavy atom. The number of hydrogen-bond donors (Lipinski definition) is 2. The zero-order valence-corrected chi connectivity index (χ0v) is 18.6. The minimum absolute atomic E-state index is 0.255. The first-order valence-corrected chi connectivity index (χ1v) is 10.1. The van der Waals surface area contributed by atoms with Gasteiger partial charge >= 0.3 is 5.97 Å². The highest BCUT2D eigenvalue weighted by molar-refractivity contribution is 7.80. The number of hydrogen-bond acceptors (Lipinski definition) is 5. The molecule has 0 amide bonds. The molecule has 9 heteroatoms. The Kier molecular flexibility index (Phi) is 7.83. The molecule has 0 fully saturated rings. The predicted molar refractivity (Wildman–Crippen MR) is 128 cm³/mol. The molecule has 2 N–H and O–H groups in total. The van der Waals surface area contributed by atoms with Crippen LogP contribution in [-0.4, -0.2) is 24.4 Å². The quantitative estimate of drug-likeness (QED) is 0.161. The summed E-state index contributed by atoms with van der Waals surface area (Å²) in [7, 11) is 1.48. The van der Waals surface area contributed by atoms with Crippen molar-refractivity contribution in [2.24, 2.45) is 5.10 Å². The van der Waals surface area contributed by atoms with Gasteiger partial charge in [-0.25, -0.2) is 4.79 Å². The van der Waals surface area contributed by atoms with Gasteiger partial charge in [-0.05, 0) is 66.3 Å². The van der Waals surface area contributed by atoms with E-state index in [0.29, 0.717) is 21.4 Å². The van der Waals surface area contributed by atoms with Crippen LogP contribution in [0, 0.1) is 0 Å². The third-order valence-electron chi connectivity index (χ3n) is 3.96. The Bertz CT molecular complexity index is 1120. The average molecular weight is 474 g/mol. The maximum Gasteiger partial charge on any atom is 0.343 e. The fourth-order valence-electron chi connectivity index (χ4n) is 2.48. The summed E-state index contributed by atoms with van der Waals surface area (Å²) in [4.78, 5) is 12.4. The van der Waals surface area contributed by atoms with Crippen LogP contribution in [0.2, 0.25) is 10.0 Å². The summed E-state index contributed by atoms with van der Waals surface area (Å²) in [5.74, 6) is 0.0320. The lowest BCUT2D eigenvalue weighted by Crippen LogP contribution is -2.23. The number of para-hydroxylation sites is 1. The molecule has 0 heterocycles. The van der Waals surface area contributed by atoms with E-state index in [0.717, 1.165) is 5.69 Å². The van der Waals surface area contributed by atoms with E-state index in [2.05, 4.69) is 15.8 Å². The molecule has 0 spiro atoms. The average Bonchev–Trinajstić information content (AvgIpc) is 2.77. The van der Waals surface area contributed by atoms with Gasteiger partial charge < -0.3 is 14.8 Å². The summed E-state index contributed by atoms with van der Waals surface area (Å²) in [5.41, 5.74) is 4.57. The third-order valence-corrected chi connectivity index (χ3v) is 4.89. The number of benzene rings is 3. The number of carbonyl (C=O) groups excluding carboxylic acids is 1. The van der Waals surface area contributed by atoms with Crippen LogP contribution in [0.1, 0.15) is 15.9 Å². The van der Waals surface area contributed by atoms with Crippen LogP contribution in [0.4, 0.5) is 5.69 Å². The highest BCUT2D eigenvalue weighted by atomic mass is 35.5. The number of ether oxygens (including phenoxy) is 2. The second-order valence-corrected chi connectivity index (χ2v) is 7.34. The molecule has 3 aromatic rings. The predicted octanol–water partition coefficient (Wildman–Crippen LogP) is 5.54. The molecule has 3 aromatic carbocycles. The van der Waals surface area contributed by atoms with Crippen molar-refractivity contribution in [3.05, 3.63) is 87.9 Å². The van der Waals surface area contributed by atoms with Crippen molar-refractivity contribution in [1.29, 1.82) is 0 Å². The van der Waals surface area contributed by atoms with Gasteiger partial charge in [0.05, 0.1) is 28.9 Å². The first-order valence-electron chi connectivity index (χ1n) is 8.96. The first kappa shape index (κ1) is 22.6. The summed E-state index contributed by atoms with van der Waals surface area (Å²) >= 11 is 17.0. The number of nitrogens with zero attached hydrogens (tertiary/aromatic N) is 1. The normalized spacial score (nSPS) is 10.5. The molecule has 31 heavy (non-hydrogen) atoms. The van der Waals surface area contributed by atoms with Crippen LogP contribution in [0.15, 0.2) is 71.8 Å². The lowest BCUT2D eigenvalue weighted by atomic mass is 10.2. The summed E-state index contributed by atoms with van der Waals surface area (Å²) in [5, 5.41) is 8.08. The van der Waals surface area contributed by atoms with E-state index < -0.39 is 5.97 Å². The molecule has 0 saturated heterocycles. The van der Waals surface area contributed by atoms with Crippen molar-refractivity contribution in [2.75, 3.05) is 12.4 Å². The van der Waals surface area contributed by atoms with Crippen LogP contribution in [0.5, 0.6) is 11.5 Å². The summed E-state index contributed by atoms with van der Waals surface area (Å²) in [6, 6.07) is 19.0. The van der Waals surface area contributed by atoms with Crippen LogP contribution < -0.4 is 20.2 Å². The van der Waals surface area contributed by atoms with E-state index in [1.54, 1.807) is 24.4 Å². The zero-order valence-electron chi connectivity index (χ0n) is 16.3. The molecule has 0 aliphatic heterocycles. The number of esters is 1. The fourth-order valence-corrected chi connectivity index (χ4v) is 2.95. The molecule has 0 radical (unpaired) electrons. The zero-order chi connectivity index (χ0) is 22.2. The van der Waals surface area contributed by atoms with Crippen LogP contribution in [0.25, 0.3) is 0 Å². The Hall–Kier alpha value is -3.13. The van der Waals surface area contributed by atoms with Gasteiger partial charge in [0.1, 0.15) is 0 Å². The highest BCUT2D eigenvalue weighted by Gasteiger charge is 2.14. The molecule has 0 atom stereocenters. The summed E-state index contributed by atoms with van der Waals surface area (Å²) in [6.07, 6.45) is 1.56. The maximum atomic E-state index is 12.4. The Balaban J connectivity index is 1.63. The van der Waals surface area contributed by atoms with E-state index >= 15 is 0 Å². The molecule has 158 valence electrons. The molecule has 0 bridgehead atoms. The second-order valence-electron chi connectivity index (χ2n) is 6.12. The number of nitrogens with one attached hydrogen (secondary N) is 2. The lowest BCUT2D eigenvalue weighted by molar-refractivity contribution is 0.0729. The second kappa shape index (κ2) is 10.8. The molecule has 0 aliphatic carbocycles. The topological polar surface area (TPSA) is 71.9 Å². The number of halogens is 2. The first-order chi connectivity index (χ1) is 15.0. The van der Waals surface area contributed by atoms with E-state index in [1.165, 1.54) is 25.3 Å². The molecule has 0 aromatic heterocycles. The Morgan fingerprint density at radius 1 is 1.00 bits per heavy atom. The van der Waals surface area contributed by atoms with E-state index in [9.17, 15) is 4.79 Å². The van der Waals surface area contributed by atoms with E-state index in [1.807, 2.05) is 30.3 Å². The monoisotopic (exact) mass is 473 g/mol. The largest absolute Gasteiger partial charge is 0.493 e. The molecule has 0 saturated carbocycles. The van der Waals surface area contributed by atoms with Gasteiger partial charge in [0.2, 0.25) is 0 Å². The number of carbonyl (C=O) groups is 1. The number of thiocarbonyl (C=S) groups is 1. The standard InChI is InChI=1S/C22H17Cl2N3O3S/c1-29-20-11-14(13-25-27-22(31)26-16-5-3-2-4-6-16)7-10-19(20)30-21(28)15-8-9-17(23)18(24)12-15/h2-13H,1H3,(H2,26,27,31)/b25-13-. The van der Waals surface area contributed by atoms with Gasteiger partial charge in [0, 0.05) is 5.69 Å². The molecule has 0 unspecified atom stereocenters. The molecule has 0 aliphatic rings. The highest BCUT2D eigenvalue weighted by Crippen LogP contribution is 2.29. The van der Waals surface area contributed by atoms with Crippen LogP contribution >= 0.6 is 35.4 Å². The van der Waals surface area contributed by atoms with Crippen molar-refractivity contribution < 1.29 is 14.3 Å². The molecular weight excluding hydrogens is 457 g/mol. The Labute approximate surface area is 194 Å². The van der Waals surface area contributed by atoms with Crippen molar-refractivity contribution in [3.8, 4) is 11.5 Å². The van der Waals surface area contributed by atoms with Crippen LogP contribution in [0.3, 0.4) is 0 Å². The minimum Gasteiger partial charge on any atom is -0.493 e. The van der Waals surface area contributed by atoms with Crippen molar-refractivity contribution in [3.63, 3.8) is 0 Å². The third kappa shape index (κ3) is 6.42.